The van der Waals surface area contributed by atoms with Crippen molar-refractivity contribution in [1.82, 2.24) is 5.32 Å². The predicted molar refractivity (Wildman–Crippen MR) is 75.0 cm³/mol. The molecule has 0 radical (unpaired) electrons. The molecule has 0 aromatic carbocycles. The van der Waals surface area contributed by atoms with E-state index in [1.807, 2.05) is 0 Å². The summed E-state index contributed by atoms with van der Waals surface area (Å²) in [6.07, 6.45) is 6.40. The van der Waals surface area contributed by atoms with Gasteiger partial charge >= 0.3 is 5.97 Å². The number of carboxylic acid groups (broad SMARTS) is 1. The maximum absolute atomic E-state index is 12.4. The summed E-state index contributed by atoms with van der Waals surface area (Å²) in [5.41, 5.74) is -0.231. The number of rotatable bonds is 2. The lowest BCUT2D eigenvalue weighted by Gasteiger charge is -2.43. The predicted octanol–water partition coefficient (Wildman–Crippen LogP) is 2.43. The minimum atomic E-state index is -0.730. The molecule has 2 saturated carbocycles. The van der Waals surface area contributed by atoms with Gasteiger partial charge in [-0.2, -0.15) is 0 Å². The van der Waals surface area contributed by atoms with Crippen LogP contribution in [-0.4, -0.2) is 23.0 Å². The molecular weight excluding hydrogens is 254 g/mol. The Morgan fingerprint density at radius 1 is 1.30 bits per heavy atom. The van der Waals surface area contributed by atoms with E-state index in [1.54, 1.807) is 6.92 Å². The first kappa shape index (κ1) is 13.9. The molecular formula is C16H25NO3. The normalized spacial score (nSPS) is 45.2. The van der Waals surface area contributed by atoms with E-state index in [0.717, 1.165) is 19.3 Å². The minimum Gasteiger partial charge on any atom is -0.481 e. The van der Waals surface area contributed by atoms with Gasteiger partial charge < -0.3 is 10.4 Å². The van der Waals surface area contributed by atoms with Crippen LogP contribution in [0.4, 0.5) is 0 Å². The van der Waals surface area contributed by atoms with Gasteiger partial charge in [-0.1, -0.05) is 26.7 Å². The lowest BCUT2D eigenvalue weighted by atomic mass is 9.69. The summed E-state index contributed by atoms with van der Waals surface area (Å²) in [5, 5.41) is 12.5. The fourth-order valence-corrected chi connectivity index (χ4v) is 4.95. The second-order valence-electron chi connectivity index (χ2n) is 7.46. The first-order valence-electron chi connectivity index (χ1n) is 7.95. The Morgan fingerprint density at radius 3 is 2.70 bits per heavy atom. The zero-order valence-corrected chi connectivity index (χ0v) is 12.4. The lowest BCUT2D eigenvalue weighted by Crippen LogP contribution is -2.53. The average Bonchev–Trinajstić information content (AvgIpc) is 2.78. The van der Waals surface area contributed by atoms with E-state index in [4.69, 9.17) is 0 Å². The van der Waals surface area contributed by atoms with Gasteiger partial charge in [-0.15, -0.1) is 0 Å². The Bertz CT molecular complexity index is 435. The molecule has 1 aliphatic heterocycles. The largest absolute Gasteiger partial charge is 0.481 e. The summed E-state index contributed by atoms with van der Waals surface area (Å²) in [4.78, 5) is 23.7. The van der Waals surface area contributed by atoms with Crippen molar-refractivity contribution in [1.29, 1.82) is 0 Å². The first-order chi connectivity index (χ1) is 9.42. The molecule has 20 heavy (non-hydrogen) atoms. The number of piperidine rings is 1. The van der Waals surface area contributed by atoms with Crippen LogP contribution in [0.2, 0.25) is 0 Å². The van der Waals surface area contributed by atoms with E-state index >= 15 is 0 Å². The van der Waals surface area contributed by atoms with Gasteiger partial charge in [-0.3, -0.25) is 9.59 Å². The molecule has 4 heteroatoms. The number of amides is 1. The third-order valence-corrected chi connectivity index (χ3v) is 6.35. The fraction of sp³-hybridized carbons (Fsp3) is 0.875. The molecule has 0 spiro atoms. The van der Waals surface area contributed by atoms with Gasteiger partial charge in [0.05, 0.1) is 5.92 Å². The molecule has 0 aromatic rings. The maximum Gasteiger partial charge on any atom is 0.306 e. The van der Waals surface area contributed by atoms with Gasteiger partial charge in [0.1, 0.15) is 0 Å². The Labute approximate surface area is 120 Å². The van der Waals surface area contributed by atoms with Crippen molar-refractivity contribution in [3.05, 3.63) is 0 Å². The molecule has 2 aliphatic carbocycles. The Balaban J connectivity index is 1.84. The Morgan fingerprint density at radius 2 is 2.00 bits per heavy atom. The quantitative estimate of drug-likeness (QED) is 0.816. The summed E-state index contributed by atoms with van der Waals surface area (Å²) < 4.78 is 0. The van der Waals surface area contributed by atoms with Gasteiger partial charge in [0.15, 0.2) is 0 Å². The van der Waals surface area contributed by atoms with E-state index < -0.39 is 5.97 Å². The molecule has 3 rings (SSSR count). The summed E-state index contributed by atoms with van der Waals surface area (Å²) in [7, 11) is 0. The Kier molecular flexibility index (Phi) is 3.30. The number of nitrogens with one attached hydrogen (secondary N) is 1. The van der Waals surface area contributed by atoms with Crippen LogP contribution in [0, 0.1) is 29.1 Å². The van der Waals surface area contributed by atoms with E-state index in [0.29, 0.717) is 17.9 Å². The molecule has 3 aliphatic rings. The molecule has 1 saturated heterocycles. The number of fused-ring (bicyclic) bond motifs is 3. The molecule has 6 atom stereocenters. The number of carboxylic acids is 1. The van der Waals surface area contributed by atoms with Crippen molar-refractivity contribution in [2.45, 2.75) is 58.4 Å². The van der Waals surface area contributed by atoms with Crippen molar-refractivity contribution in [3.8, 4) is 0 Å². The molecule has 0 bridgehead atoms. The first-order valence-corrected chi connectivity index (χ1v) is 7.95. The zero-order valence-electron chi connectivity index (χ0n) is 12.4. The summed E-state index contributed by atoms with van der Waals surface area (Å²) in [6, 6.07) is 0.347. The van der Waals surface area contributed by atoms with Crippen LogP contribution in [0.3, 0.4) is 0 Å². The second kappa shape index (κ2) is 4.74. The van der Waals surface area contributed by atoms with Crippen molar-refractivity contribution >= 4 is 11.9 Å². The molecule has 3 fully saturated rings. The molecule has 112 valence electrons. The highest BCUT2D eigenvalue weighted by atomic mass is 16.4. The molecule has 0 aromatic heterocycles. The highest BCUT2D eigenvalue weighted by molar-refractivity contribution is 5.81. The van der Waals surface area contributed by atoms with Gasteiger partial charge in [0.2, 0.25) is 5.91 Å². The SMILES string of the molecule is CC(C(=O)O)C1(C)CC2C3CCCCC3NC(=O)[C@@H]2C1. The van der Waals surface area contributed by atoms with Crippen LogP contribution in [0.5, 0.6) is 0 Å². The van der Waals surface area contributed by atoms with Crippen LogP contribution in [0.1, 0.15) is 52.4 Å². The molecule has 4 nitrogen and oxygen atoms in total. The van der Waals surface area contributed by atoms with Crippen molar-refractivity contribution in [3.63, 3.8) is 0 Å². The van der Waals surface area contributed by atoms with Gasteiger partial charge in [0.25, 0.3) is 0 Å². The highest BCUT2D eigenvalue weighted by Crippen LogP contribution is 2.56. The van der Waals surface area contributed by atoms with Gasteiger partial charge in [0, 0.05) is 12.0 Å². The van der Waals surface area contributed by atoms with Crippen molar-refractivity contribution in [2.75, 3.05) is 0 Å². The van der Waals surface area contributed by atoms with E-state index in [1.165, 1.54) is 19.3 Å². The summed E-state index contributed by atoms with van der Waals surface area (Å²) in [6.45, 7) is 3.87. The fourth-order valence-electron chi connectivity index (χ4n) is 4.95. The summed E-state index contributed by atoms with van der Waals surface area (Å²) in [5.74, 6) is 0.102. The smallest absolute Gasteiger partial charge is 0.306 e. The van der Waals surface area contributed by atoms with E-state index in [-0.39, 0.29) is 23.2 Å². The summed E-state index contributed by atoms with van der Waals surface area (Å²) >= 11 is 0. The topological polar surface area (TPSA) is 66.4 Å². The lowest BCUT2D eigenvalue weighted by molar-refractivity contribution is -0.145. The standard InChI is InChI=1S/C16H25NO3/c1-9(15(19)20)16(2)7-11-10-5-3-4-6-13(10)17-14(18)12(11)8-16/h9-13H,3-8H2,1-2H3,(H,17,18)(H,19,20)/t9?,10?,11?,12-,13?,16?/m1/s1. The second-order valence-corrected chi connectivity index (χ2v) is 7.46. The van der Waals surface area contributed by atoms with Crippen LogP contribution in [0.25, 0.3) is 0 Å². The number of aliphatic carboxylic acids is 1. The van der Waals surface area contributed by atoms with Crippen molar-refractivity contribution in [2.24, 2.45) is 29.1 Å². The van der Waals surface area contributed by atoms with E-state index in [2.05, 4.69) is 12.2 Å². The highest BCUT2D eigenvalue weighted by Gasteiger charge is 2.55. The molecule has 5 unspecified atom stereocenters. The molecule has 1 heterocycles. The van der Waals surface area contributed by atoms with Gasteiger partial charge in [-0.05, 0) is 42.9 Å². The average molecular weight is 279 g/mol. The zero-order chi connectivity index (χ0) is 14.5. The molecule has 1 amide bonds. The number of carbonyl (C=O) groups is 2. The van der Waals surface area contributed by atoms with E-state index in [9.17, 15) is 14.7 Å². The number of carbonyl (C=O) groups excluding carboxylic acids is 1. The monoisotopic (exact) mass is 279 g/mol. The van der Waals surface area contributed by atoms with Crippen LogP contribution in [0.15, 0.2) is 0 Å². The van der Waals surface area contributed by atoms with Crippen LogP contribution >= 0.6 is 0 Å². The third kappa shape index (κ3) is 2.04. The maximum atomic E-state index is 12.4. The number of hydrogen-bond donors (Lipinski definition) is 2. The van der Waals surface area contributed by atoms with Crippen LogP contribution in [-0.2, 0) is 9.59 Å². The third-order valence-electron chi connectivity index (χ3n) is 6.35. The number of hydrogen-bond acceptors (Lipinski definition) is 2. The van der Waals surface area contributed by atoms with Crippen molar-refractivity contribution < 1.29 is 14.7 Å². The van der Waals surface area contributed by atoms with Crippen LogP contribution < -0.4 is 5.32 Å². The minimum absolute atomic E-state index is 0.0427. The van der Waals surface area contributed by atoms with Gasteiger partial charge in [-0.25, -0.2) is 0 Å². The molecule has 2 N–H and O–H groups in total. The Hall–Kier alpha value is -1.06.